The van der Waals surface area contributed by atoms with Crippen LogP contribution < -0.4 is 5.73 Å². The van der Waals surface area contributed by atoms with Crippen molar-refractivity contribution in [1.29, 1.82) is 0 Å². The fraction of sp³-hybridized carbons (Fsp3) is 0. The van der Waals surface area contributed by atoms with E-state index in [1.54, 1.807) is 6.07 Å². The molecule has 3 aromatic heterocycles. The maximum Gasteiger partial charge on any atom is 0.164 e. The predicted molar refractivity (Wildman–Crippen MR) is 165 cm³/mol. The number of nitrogens with two attached hydrogens (primary N) is 1. The number of nitrogens with one attached hydrogen (secondary N) is 2. The van der Waals surface area contributed by atoms with Gasteiger partial charge in [-0.3, -0.25) is 0 Å². The lowest BCUT2D eigenvalue weighted by atomic mass is 10.1. The number of anilines is 1. The smallest absolute Gasteiger partial charge is 0.164 e. The van der Waals surface area contributed by atoms with E-state index >= 15 is 0 Å². The Morgan fingerprint density at radius 2 is 0.857 bits per heavy atom. The monoisotopic (exact) mass is 563 g/mol. The summed E-state index contributed by atoms with van der Waals surface area (Å²) < 4.78 is 0. The Kier molecular flexibility index (Phi) is 4.63. The van der Waals surface area contributed by atoms with Crippen molar-refractivity contribution in [1.82, 2.24) is 39.9 Å². The third-order valence-corrected chi connectivity index (χ3v) is 8.04. The summed E-state index contributed by atoms with van der Waals surface area (Å²) in [6.45, 7) is 0. The van der Waals surface area contributed by atoms with Crippen LogP contribution in [0.4, 0.5) is 5.69 Å². The number of fused-ring (bicyclic) bond motifs is 20. The zero-order valence-electron chi connectivity index (χ0n) is 21.7. The number of aromatic nitrogens is 8. The molecule has 0 atom stereocenters. The molecule has 198 valence electrons. The van der Waals surface area contributed by atoms with Crippen LogP contribution in [0.2, 0.25) is 5.02 Å². The lowest BCUT2D eigenvalue weighted by molar-refractivity contribution is 1.19. The van der Waals surface area contributed by atoms with Crippen LogP contribution in [-0.2, 0) is 0 Å². The Morgan fingerprint density at radius 1 is 0.452 bits per heavy atom. The van der Waals surface area contributed by atoms with Crippen molar-refractivity contribution in [3.05, 3.63) is 90.0 Å². The number of nitrogens with zero attached hydrogens (tertiary/aromatic N) is 6. The van der Waals surface area contributed by atoms with Crippen LogP contribution in [0, 0.1) is 0 Å². The number of rotatable bonds is 0. The van der Waals surface area contributed by atoms with Crippen molar-refractivity contribution in [2.75, 3.05) is 5.73 Å². The summed E-state index contributed by atoms with van der Waals surface area (Å²) in [5, 5.41) is 3.72. The lowest BCUT2D eigenvalue weighted by Gasteiger charge is -1.99. The zero-order chi connectivity index (χ0) is 27.9. The van der Waals surface area contributed by atoms with Crippen molar-refractivity contribution < 1.29 is 0 Å². The largest absolute Gasteiger partial charge is 0.397 e. The molecule has 8 bridgehead atoms. The fourth-order valence-electron chi connectivity index (χ4n) is 5.73. The quantitative estimate of drug-likeness (QED) is 0.167. The van der Waals surface area contributed by atoms with Gasteiger partial charge in [0.2, 0.25) is 0 Å². The number of nitrogen functional groups attached to an aromatic ring is 1. The van der Waals surface area contributed by atoms with Gasteiger partial charge in [-0.05, 0) is 12.1 Å². The van der Waals surface area contributed by atoms with Gasteiger partial charge in [-0.25, -0.2) is 29.9 Å². The molecule has 42 heavy (non-hydrogen) atoms. The van der Waals surface area contributed by atoms with Crippen LogP contribution in [0.25, 0.3) is 89.7 Å². The van der Waals surface area contributed by atoms with E-state index in [0.717, 1.165) is 38.4 Å². The predicted octanol–water partition coefficient (Wildman–Crippen LogP) is 7.10. The van der Waals surface area contributed by atoms with E-state index in [1.165, 1.54) is 0 Å². The number of benzene rings is 4. The fourth-order valence-corrected chi connectivity index (χ4v) is 5.89. The van der Waals surface area contributed by atoms with E-state index in [9.17, 15) is 0 Å². The van der Waals surface area contributed by atoms with E-state index in [-0.39, 0.29) is 0 Å². The van der Waals surface area contributed by atoms with Crippen molar-refractivity contribution in [3.8, 4) is 45.6 Å². The first-order valence-corrected chi connectivity index (χ1v) is 13.7. The third-order valence-electron chi connectivity index (χ3n) is 7.71. The molecule has 0 saturated heterocycles. The van der Waals surface area contributed by atoms with Gasteiger partial charge < -0.3 is 15.7 Å². The summed E-state index contributed by atoms with van der Waals surface area (Å²) in [6, 6.07) is 27.5. The van der Waals surface area contributed by atoms with Gasteiger partial charge in [-0.1, -0.05) is 84.4 Å². The molecule has 0 saturated carbocycles. The lowest BCUT2D eigenvalue weighted by Crippen LogP contribution is -1.88. The van der Waals surface area contributed by atoms with Crippen molar-refractivity contribution in [3.63, 3.8) is 0 Å². The van der Waals surface area contributed by atoms with E-state index in [4.69, 9.17) is 47.2 Å². The van der Waals surface area contributed by atoms with Gasteiger partial charge in [-0.2, -0.15) is 0 Å². The highest BCUT2D eigenvalue weighted by Crippen LogP contribution is 2.38. The molecule has 10 heteroatoms. The highest BCUT2D eigenvalue weighted by molar-refractivity contribution is 6.35. The van der Waals surface area contributed by atoms with Gasteiger partial charge in [0.25, 0.3) is 0 Å². The first-order chi connectivity index (χ1) is 20.6. The summed E-state index contributed by atoms with van der Waals surface area (Å²) >= 11 is 6.48. The normalized spacial score (nSPS) is 12.0. The average Bonchev–Trinajstić information content (AvgIpc) is 3.74. The molecule has 0 aliphatic carbocycles. The van der Waals surface area contributed by atoms with Gasteiger partial charge in [0.05, 0.1) is 16.1 Å². The minimum Gasteiger partial charge on any atom is -0.397 e. The zero-order valence-corrected chi connectivity index (χ0v) is 22.5. The van der Waals surface area contributed by atoms with Gasteiger partial charge >= 0.3 is 0 Å². The van der Waals surface area contributed by atoms with Crippen molar-refractivity contribution in [2.24, 2.45) is 0 Å². The molecule has 0 fully saturated rings. The summed E-state index contributed by atoms with van der Waals surface area (Å²) in [7, 11) is 0. The van der Waals surface area contributed by atoms with E-state index in [0.29, 0.717) is 62.0 Å². The van der Waals surface area contributed by atoms with Gasteiger partial charge in [0, 0.05) is 38.4 Å². The molecule has 7 aromatic rings. The average molecular weight is 564 g/mol. The third kappa shape index (κ3) is 3.25. The summed E-state index contributed by atoms with van der Waals surface area (Å²) in [4.78, 5) is 36.6. The molecule has 0 unspecified atom stereocenters. The highest BCUT2D eigenvalue weighted by Gasteiger charge is 2.22. The van der Waals surface area contributed by atoms with Gasteiger partial charge in [-0.15, -0.1) is 0 Å². The Hall–Kier alpha value is -5.67. The van der Waals surface area contributed by atoms with Crippen LogP contribution in [0.15, 0.2) is 84.9 Å². The SMILES string of the molecule is Nc1c(Cl)ccc2c3nc4nc(nc5[nH]c(nc6nc(nc([nH]3)c12)-c1ccccc1-6)c1ccccc51)-c1ccccc1-4. The highest BCUT2D eigenvalue weighted by atomic mass is 35.5. The molecule has 9 nitrogen and oxygen atoms in total. The summed E-state index contributed by atoms with van der Waals surface area (Å²) in [5.74, 6) is 2.13. The molecule has 0 radical (unpaired) electrons. The molecule has 4 N–H and O–H groups in total. The molecule has 4 aromatic carbocycles. The molecular formula is C32H18ClN9. The first-order valence-electron chi connectivity index (χ1n) is 13.3. The second kappa shape index (κ2) is 8.42. The minimum absolute atomic E-state index is 0.408. The molecule has 0 spiro atoms. The van der Waals surface area contributed by atoms with E-state index in [2.05, 4.69) is 9.97 Å². The summed E-state index contributed by atoms with van der Waals surface area (Å²) in [6.07, 6.45) is 0. The van der Waals surface area contributed by atoms with Crippen molar-refractivity contribution >= 4 is 61.4 Å². The number of H-pyrrole nitrogens is 2. The standard InChI is InChI=1S/C32H18ClN9/c33-22-14-13-21-23(24(22)34)32-41-30-20-12-6-5-11-19(20)28(39-30)37-26-16-8-2-1-7-15(16)25(35-26)36-27-17-9-3-4-10-18(17)29(38-27)40-31(21)42-32/h1-14H,34H2,(H2,35,36,37,38,39,40,41,42). The summed E-state index contributed by atoms with van der Waals surface area (Å²) in [5.41, 5.74) is 12.8. The van der Waals surface area contributed by atoms with E-state index < -0.39 is 0 Å². The molecule has 5 heterocycles. The number of aromatic amines is 2. The van der Waals surface area contributed by atoms with Crippen LogP contribution in [0.5, 0.6) is 0 Å². The van der Waals surface area contributed by atoms with Crippen molar-refractivity contribution in [2.45, 2.75) is 0 Å². The number of halogens is 1. The number of hydrogen-bond donors (Lipinski definition) is 3. The van der Waals surface area contributed by atoms with E-state index in [1.807, 2.05) is 78.9 Å². The molecular weight excluding hydrogens is 546 g/mol. The van der Waals surface area contributed by atoms with Crippen LogP contribution in [0.1, 0.15) is 0 Å². The van der Waals surface area contributed by atoms with Crippen LogP contribution >= 0.6 is 11.6 Å². The second-order valence-electron chi connectivity index (χ2n) is 10.1. The van der Waals surface area contributed by atoms with Gasteiger partial charge in [0.1, 0.15) is 22.6 Å². The van der Waals surface area contributed by atoms with Crippen LogP contribution in [0.3, 0.4) is 0 Å². The molecule has 2 aliphatic heterocycles. The molecule has 9 rings (SSSR count). The molecule has 2 aliphatic rings. The first kappa shape index (κ1) is 23.1. The Balaban J connectivity index is 1.52. The van der Waals surface area contributed by atoms with Gasteiger partial charge in [0.15, 0.2) is 23.3 Å². The minimum atomic E-state index is 0.408. The maximum absolute atomic E-state index is 6.52. The second-order valence-corrected chi connectivity index (χ2v) is 10.5. The Morgan fingerprint density at radius 3 is 1.36 bits per heavy atom. The van der Waals surface area contributed by atoms with Crippen LogP contribution in [-0.4, -0.2) is 39.9 Å². The topological polar surface area (TPSA) is 135 Å². The Labute approximate surface area is 242 Å². The maximum atomic E-state index is 6.52. The Bertz CT molecular complexity index is 2450. The number of hydrogen-bond acceptors (Lipinski definition) is 7. The molecule has 0 amide bonds.